The number of benzene rings is 2. The molecule has 156 valence electrons. The maximum absolute atomic E-state index is 13.0. The number of nitrogens with one attached hydrogen (secondary N) is 1. The maximum atomic E-state index is 13.0. The number of halogens is 1. The van der Waals surface area contributed by atoms with Gasteiger partial charge in [-0.25, -0.2) is 8.42 Å². The first kappa shape index (κ1) is 21.6. The van der Waals surface area contributed by atoms with Gasteiger partial charge in [0.05, 0.1) is 22.2 Å². The van der Waals surface area contributed by atoms with Crippen LogP contribution in [0.5, 0.6) is 5.75 Å². The molecule has 0 saturated carbocycles. The Labute approximate surface area is 176 Å². The van der Waals surface area contributed by atoms with Crippen molar-refractivity contribution in [2.24, 2.45) is 5.92 Å². The Kier molecular flexibility index (Phi) is 6.82. The highest BCUT2D eigenvalue weighted by Crippen LogP contribution is 2.28. The van der Waals surface area contributed by atoms with Crippen LogP contribution in [0.15, 0.2) is 47.4 Å². The molecule has 1 aliphatic rings. The summed E-state index contributed by atoms with van der Waals surface area (Å²) in [5, 5.41) is 3.32. The third-order valence-corrected chi connectivity index (χ3v) is 7.26. The van der Waals surface area contributed by atoms with Crippen molar-refractivity contribution in [3.8, 4) is 5.75 Å². The van der Waals surface area contributed by atoms with Gasteiger partial charge in [0.1, 0.15) is 5.75 Å². The van der Waals surface area contributed by atoms with Crippen LogP contribution in [0.25, 0.3) is 0 Å². The van der Waals surface area contributed by atoms with Gasteiger partial charge in [0.15, 0.2) is 0 Å². The van der Waals surface area contributed by atoms with Crippen molar-refractivity contribution in [2.75, 3.05) is 25.0 Å². The van der Waals surface area contributed by atoms with E-state index in [0.29, 0.717) is 49.0 Å². The van der Waals surface area contributed by atoms with Crippen LogP contribution in [-0.2, 0) is 14.8 Å². The van der Waals surface area contributed by atoms with Crippen molar-refractivity contribution in [1.82, 2.24) is 4.31 Å². The van der Waals surface area contributed by atoms with E-state index in [2.05, 4.69) is 5.32 Å². The number of piperidine rings is 1. The predicted octanol–water partition coefficient (Wildman–Crippen LogP) is 4.09. The van der Waals surface area contributed by atoms with Gasteiger partial charge in [-0.15, -0.1) is 0 Å². The van der Waals surface area contributed by atoms with Crippen LogP contribution in [0.4, 0.5) is 5.69 Å². The SMILES string of the molecule is CCOc1ccc(S(=O)(=O)N2CCC(C(=O)Nc3ccccc3Cl)CC2)cc1C. The smallest absolute Gasteiger partial charge is 0.243 e. The number of aryl methyl sites for hydroxylation is 1. The van der Waals surface area contributed by atoms with E-state index in [1.165, 1.54) is 4.31 Å². The fourth-order valence-electron chi connectivity index (χ4n) is 3.40. The quantitative estimate of drug-likeness (QED) is 0.740. The van der Waals surface area contributed by atoms with E-state index in [4.69, 9.17) is 16.3 Å². The number of amides is 1. The molecule has 2 aromatic carbocycles. The summed E-state index contributed by atoms with van der Waals surface area (Å²) in [5.74, 6) is 0.299. The van der Waals surface area contributed by atoms with Gasteiger partial charge in [-0.3, -0.25) is 4.79 Å². The summed E-state index contributed by atoms with van der Waals surface area (Å²) in [6, 6.07) is 12.0. The molecule has 0 spiro atoms. The lowest BCUT2D eigenvalue weighted by Gasteiger charge is -2.30. The Balaban J connectivity index is 1.64. The molecule has 1 aliphatic heterocycles. The number of nitrogens with zero attached hydrogens (tertiary/aromatic N) is 1. The number of carbonyl (C=O) groups is 1. The zero-order chi connectivity index (χ0) is 21.0. The van der Waals surface area contributed by atoms with E-state index < -0.39 is 10.0 Å². The summed E-state index contributed by atoms with van der Waals surface area (Å²) in [5.41, 5.74) is 1.35. The minimum atomic E-state index is -3.61. The van der Waals surface area contributed by atoms with Crippen LogP contribution in [0, 0.1) is 12.8 Å². The highest BCUT2D eigenvalue weighted by Gasteiger charge is 2.32. The summed E-state index contributed by atoms with van der Waals surface area (Å²) in [6.45, 7) is 4.84. The monoisotopic (exact) mass is 436 g/mol. The Morgan fingerprint density at radius 3 is 2.52 bits per heavy atom. The fourth-order valence-corrected chi connectivity index (χ4v) is 5.14. The number of anilines is 1. The first-order chi connectivity index (χ1) is 13.8. The average Bonchev–Trinajstić information content (AvgIpc) is 2.71. The topological polar surface area (TPSA) is 75.7 Å². The molecule has 0 bridgehead atoms. The number of hydrogen-bond acceptors (Lipinski definition) is 4. The predicted molar refractivity (Wildman–Crippen MR) is 114 cm³/mol. The van der Waals surface area contributed by atoms with Gasteiger partial charge in [0.25, 0.3) is 0 Å². The molecule has 0 aromatic heterocycles. The van der Waals surface area contributed by atoms with E-state index in [0.717, 1.165) is 5.56 Å². The van der Waals surface area contributed by atoms with Gasteiger partial charge in [0.2, 0.25) is 15.9 Å². The molecule has 8 heteroatoms. The molecule has 0 atom stereocenters. The summed E-state index contributed by atoms with van der Waals surface area (Å²) in [7, 11) is -3.61. The van der Waals surface area contributed by atoms with Gasteiger partial charge in [-0.05, 0) is 62.6 Å². The number of hydrogen-bond donors (Lipinski definition) is 1. The van der Waals surface area contributed by atoms with Gasteiger partial charge >= 0.3 is 0 Å². The highest BCUT2D eigenvalue weighted by molar-refractivity contribution is 7.89. The standard InChI is InChI=1S/C21H25ClN2O4S/c1-3-28-20-9-8-17(14-15(20)2)29(26,27)24-12-10-16(11-13-24)21(25)23-19-7-5-4-6-18(19)22/h4-9,14,16H,3,10-13H2,1-2H3,(H,23,25). The van der Waals surface area contributed by atoms with Crippen LogP contribution in [0.1, 0.15) is 25.3 Å². The number of rotatable bonds is 6. The molecule has 1 saturated heterocycles. The van der Waals surface area contributed by atoms with Gasteiger partial charge < -0.3 is 10.1 Å². The lowest BCUT2D eigenvalue weighted by molar-refractivity contribution is -0.120. The van der Waals surface area contributed by atoms with Crippen molar-refractivity contribution < 1.29 is 17.9 Å². The molecule has 0 unspecified atom stereocenters. The third kappa shape index (κ3) is 4.91. The average molecular weight is 437 g/mol. The molecule has 0 radical (unpaired) electrons. The molecule has 2 aromatic rings. The molecular weight excluding hydrogens is 412 g/mol. The lowest BCUT2D eigenvalue weighted by atomic mass is 9.97. The Morgan fingerprint density at radius 1 is 1.21 bits per heavy atom. The van der Waals surface area contributed by atoms with Crippen molar-refractivity contribution in [2.45, 2.75) is 31.6 Å². The summed E-state index contributed by atoms with van der Waals surface area (Å²) < 4.78 is 32.9. The third-order valence-electron chi connectivity index (χ3n) is 5.04. The minimum absolute atomic E-state index is 0.132. The van der Waals surface area contributed by atoms with Crippen molar-refractivity contribution in [3.05, 3.63) is 53.1 Å². The van der Waals surface area contributed by atoms with Gasteiger partial charge in [-0.1, -0.05) is 23.7 Å². The van der Waals surface area contributed by atoms with Gasteiger partial charge in [-0.2, -0.15) is 4.31 Å². The first-order valence-electron chi connectivity index (χ1n) is 9.62. The summed E-state index contributed by atoms with van der Waals surface area (Å²) >= 11 is 6.09. The Morgan fingerprint density at radius 2 is 1.90 bits per heavy atom. The molecule has 6 nitrogen and oxygen atoms in total. The van der Waals surface area contributed by atoms with Crippen LogP contribution in [0.2, 0.25) is 5.02 Å². The van der Waals surface area contributed by atoms with Crippen molar-refractivity contribution >= 4 is 33.2 Å². The first-order valence-corrected chi connectivity index (χ1v) is 11.4. The lowest BCUT2D eigenvalue weighted by Crippen LogP contribution is -2.41. The molecule has 1 fully saturated rings. The van der Waals surface area contributed by atoms with Gasteiger partial charge in [0, 0.05) is 19.0 Å². The number of carbonyl (C=O) groups excluding carboxylic acids is 1. The number of sulfonamides is 1. The highest BCUT2D eigenvalue weighted by atomic mass is 35.5. The van der Waals surface area contributed by atoms with E-state index >= 15 is 0 Å². The molecule has 0 aliphatic carbocycles. The second-order valence-electron chi connectivity index (χ2n) is 7.01. The zero-order valence-electron chi connectivity index (χ0n) is 16.5. The second-order valence-corrected chi connectivity index (χ2v) is 9.35. The molecular formula is C21H25ClN2O4S. The molecule has 29 heavy (non-hydrogen) atoms. The van der Waals surface area contributed by atoms with E-state index in [1.807, 2.05) is 13.8 Å². The van der Waals surface area contributed by atoms with E-state index in [1.54, 1.807) is 42.5 Å². The maximum Gasteiger partial charge on any atom is 0.243 e. The van der Waals surface area contributed by atoms with Crippen molar-refractivity contribution in [1.29, 1.82) is 0 Å². The Bertz CT molecular complexity index is 986. The van der Waals surface area contributed by atoms with E-state index in [-0.39, 0.29) is 16.7 Å². The van der Waals surface area contributed by atoms with Crippen LogP contribution in [-0.4, -0.2) is 38.3 Å². The van der Waals surface area contributed by atoms with Crippen LogP contribution in [0.3, 0.4) is 0 Å². The largest absolute Gasteiger partial charge is 0.494 e. The van der Waals surface area contributed by atoms with Crippen molar-refractivity contribution in [3.63, 3.8) is 0 Å². The molecule has 3 rings (SSSR count). The second kappa shape index (κ2) is 9.15. The Hall–Kier alpha value is -2.09. The van der Waals surface area contributed by atoms with Crippen LogP contribution >= 0.6 is 11.6 Å². The summed E-state index contributed by atoms with van der Waals surface area (Å²) in [4.78, 5) is 12.8. The zero-order valence-corrected chi connectivity index (χ0v) is 18.1. The number of para-hydroxylation sites is 1. The van der Waals surface area contributed by atoms with Crippen LogP contribution < -0.4 is 10.1 Å². The number of ether oxygens (including phenoxy) is 1. The molecule has 1 heterocycles. The molecule has 1 amide bonds. The summed E-state index contributed by atoms with van der Waals surface area (Å²) in [6.07, 6.45) is 0.928. The normalized spacial score (nSPS) is 15.8. The van der Waals surface area contributed by atoms with E-state index in [9.17, 15) is 13.2 Å². The molecule has 1 N–H and O–H groups in total. The minimum Gasteiger partial charge on any atom is -0.494 e. The fraction of sp³-hybridized carbons (Fsp3) is 0.381.